The van der Waals surface area contributed by atoms with Gasteiger partial charge in [-0.15, -0.1) is 0 Å². The van der Waals surface area contributed by atoms with Crippen molar-refractivity contribution < 1.29 is 18.7 Å². The van der Waals surface area contributed by atoms with Gasteiger partial charge in [-0.1, -0.05) is 6.92 Å². The maximum Gasteiger partial charge on any atom is 0.255 e. The number of rotatable bonds is 5. The highest BCUT2D eigenvalue weighted by Crippen LogP contribution is 2.17. The smallest absolute Gasteiger partial charge is 0.255 e. The zero-order valence-corrected chi connectivity index (χ0v) is 9.33. The van der Waals surface area contributed by atoms with Crippen LogP contribution in [0, 0.1) is 5.92 Å². The van der Waals surface area contributed by atoms with Crippen LogP contribution >= 0.6 is 0 Å². The molecule has 0 aliphatic carbocycles. The zero-order valence-electron chi connectivity index (χ0n) is 9.33. The number of aliphatic hydroxyl groups excluding tert-OH is 1. The summed E-state index contributed by atoms with van der Waals surface area (Å²) in [5.74, 6) is -0.175. The van der Waals surface area contributed by atoms with Crippen molar-refractivity contribution in [2.24, 2.45) is 5.92 Å². The Bertz CT molecular complexity index is 239. The summed E-state index contributed by atoms with van der Waals surface area (Å²) in [6.07, 6.45) is -1.69. The predicted molar refractivity (Wildman–Crippen MR) is 55.2 cm³/mol. The molecule has 1 aliphatic heterocycles. The third-order valence-corrected chi connectivity index (χ3v) is 2.84. The van der Waals surface area contributed by atoms with Gasteiger partial charge in [-0.25, -0.2) is 8.78 Å². The lowest BCUT2D eigenvalue weighted by atomic mass is 10.0. The van der Waals surface area contributed by atoms with Crippen LogP contribution in [0.3, 0.4) is 0 Å². The van der Waals surface area contributed by atoms with Crippen LogP contribution in [0.2, 0.25) is 0 Å². The Morgan fingerprint density at radius 3 is 2.75 bits per heavy atom. The van der Waals surface area contributed by atoms with Gasteiger partial charge in [0.05, 0.1) is 19.2 Å². The average Bonchev–Trinajstić information content (AvgIpc) is 2.62. The first-order valence-electron chi connectivity index (χ1n) is 5.47. The van der Waals surface area contributed by atoms with E-state index in [4.69, 9.17) is 5.11 Å². The van der Waals surface area contributed by atoms with E-state index < -0.39 is 13.0 Å². The molecule has 2 unspecified atom stereocenters. The highest BCUT2D eigenvalue weighted by molar-refractivity contribution is 5.82. The fraction of sp³-hybridized carbons (Fsp3) is 0.900. The second-order valence-electron chi connectivity index (χ2n) is 4.10. The van der Waals surface area contributed by atoms with Crippen molar-refractivity contribution in [3.8, 4) is 0 Å². The third kappa shape index (κ3) is 3.38. The normalized spacial score (nSPS) is 25.1. The molecular formula is C10H18F2N2O2. The zero-order chi connectivity index (χ0) is 12.1. The van der Waals surface area contributed by atoms with Crippen molar-refractivity contribution in [2.75, 3.05) is 26.2 Å². The second kappa shape index (κ2) is 6.10. The van der Waals surface area contributed by atoms with E-state index in [0.717, 1.165) is 17.9 Å². The van der Waals surface area contributed by atoms with Crippen LogP contribution in [-0.2, 0) is 4.79 Å². The van der Waals surface area contributed by atoms with Crippen LogP contribution in [-0.4, -0.2) is 54.6 Å². The van der Waals surface area contributed by atoms with Crippen molar-refractivity contribution in [1.82, 2.24) is 10.2 Å². The minimum atomic E-state index is -2.56. The first kappa shape index (κ1) is 13.3. The average molecular weight is 236 g/mol. The number of hydrogen-bond donors (Lipinski definition) is 2. The predicted octanol–water partition coefficient (Wildman–Crippen LogP) is 0.0704. The molecule has 0 saturated carbocycles. The van der Waals surface area contributed by atoms with Crippen LogP contribution in [0.25, 0.3) is 0 Å². The Morgan fingerprint density at radius 2 is 2.31 bits per heavy atom. The number of amides is 1. The monoisotopic (exact) mass is 236 g/mol. The maximum absolute atomic E-state index is 12.3. The number of nitrogens with zero attached hydrogens (tertiary/aromatic N) is 1. The molecule has 0 spiro atoms. The van der Waals surface area contributed by atoms with E-state index in [1.807, 2.05) is 6.92 Å². The standard InChI is InChI=1S/C10H18F2N2O2/c1-7-2-3-13-9(7)10(16)14(4-5-15)6-8(11)12/h7-9,13,15H,2-6H2,1H3. The minimum absolute atomic E-state index is 0.0337. The summed E-state index contributed by atoms with van der Waals surface area (Å²) in [7, 11) is 0. The van der Waals surface area contributed by atoms with Gasteiger partial charge < -0.3 is 15.3 Å². The first-order valence-corrected chi connectivity index (χ1v) is 5.47. The van der Waals surface area contributed by atoms with Gasteiger partial charge in [0.15, 0.2) is 0 Å². The molecule has 0 radical (unpaired) electrons. The number of hydrogen-bond acceptors (Lipinski definition) is 3. The summed E-state index contributed by atoms with van der Waals surface area (Å²) >= 11 is 0. The van der Waals surface area contributed by atoms with Crippen LogP contribution in [0.4, 0.5) is 8.78 Å². The van der Waals surface area contributed by atoms with Crippen LogP contribution in [0.1, 0.15) is 13.3 Å². The van der Waals surface area contributed by atoms with Gasteiger partial charge >= 0.3 is 0 Å². The van der Waals surface area contributed by atoms with E-state index in [1.54, 1.807) is 0 Å². The van der Waals surface area contributed by atoms with Gasteiger partial charge in [0, 0.05) is 6.54 Å². The summed E-state index contributed by atoms with van der Waals surface area (Å²) in [6, 6.07) is -0.384. The Morgan fingerprint density at radius 1 is 1.62 bits per heavy atom. The largest absolute Gasteiger partial charge is 0.395 e. The molecule has 6 heteroatoms. The van der Waals surface area contributed by atoms with E-state index in [1.165, 1.54) is 0 Å². The Balaban J connectivity index is 2.58. The molecule has 16 heavy (non-hydrogen) atoms. The SMILES string of the molecule is CC1CCNC1C(=O)N(CCO)CC(F)F. The van der Waals surface area contributed by atoms with Gasteiger partial charge in [-0.05, 0) is 18.9 Å². The van der Waals surface area contributed by atoms with Crippen molar-refractivity contribution in [1.29, 1.82) is 0 Å². The molecule has 1 rings (SSSR count). The highest BCUT2D eigenvalue weighted by Gasteiger charge is 2.33. The van der Waals surface area contributed by atoms with E-state index in [9.17, 15) is 13.6 Å². The third-order valence-electron chi connectivity index (χ3n) is 2.84. The lowest BCUT2D eigenvalue weighted by molar-refractivity contribution is -0.136. The summed E-state index contributed by atoms with van der Waals surface area (Å²) in [4.78, 5) is 12.9. The van der Waals surface area contributed by atoms with Gasteiger partial charge in [0.1, 0.15) is 0 Å². The van der Waals surface area contributed by atoms with Gasteiger partial charge in [0.2, 0.25) is 5.91 Å². The second-order valence-corrected chi connectivity index (χ2v) is 4.10. The molecule has 0 bridgehead atoms. The Kier molecular flexibility index (Phi) is 5.08. The van der Waals surface area contributed by atoms with Crippen LogP contribution < -0.4 is 5.32 Å². The number of alkyl halides is 2. The molecule has 1 heterocycles. The van der Waals surface area contributed by atoms with Crippen LogP contribution in [0.5, 0.6) is 0 Å². The van der Waals surface area contributed by atoms with E-state index in [-0.39, 0.29) is 31.0 Å². The molecule has 94 valence electrons. The van der Waals surface area contributed by atoms with Crippen molar-refractivity contribution >= 4 is 5.91 Å². The van der Waals surface area contributed by atoms with Gasteiger partial charge in [0.25, 0.3) is 6.43 Å². The summed E-state index contributed by atoms with van der Waals surface area (Å²) in [5.41, 5.74) is 0. The number of carbonyl (C=O) groups excluding carboxylic acids is 1. The molecule has 1 amide bonds. The maximum atomic E-state index is 12.3. The number of halogens is 2. The molecule has 1 saturated heterocycles. The summed E-state index contributed by atoms with van der Waals surface area (Å²) < 4.78 is 24.5. The first-order chi connectivity index (χ1) is 7.56. The molecular weight excluding hydrogens is 218 g/mol. The van der Waals surface area contributed by atoms with Crippen molar-refractivity contribution in [2.45, 2.75) is 25.8 Å². The molecule has 1 fully saturated rings. The van der Waals surface area contributed by atoms with E-state index in [0.29, 0.717) is 0 Å². The quantitative estimate of drug-likeness (QED) is 0.710. The van der Waals surface area contributed by atoms with Crippen molar-refractivity contribution in [3.05, 3.63) is 0 Å². The number of aliphatic hydroxyl groups is 1. The molecule has 2 N–H and O–H groups in total. The summed E-state index contributed by atoms with van der Waals surface area (Å²) in [6.45, 7) is 1.72. The molecule has 2 atom stereocenters. The Hall–Kier alpha value is -0.750. The molecule has 1 aliphatic rings. The lowest BCUT2D eigenvalue weighted by Crippen LogP contribution is -2.48. The topological polar surface area (TPSA) is 52.6 Å². The minimum Gasteiger partial charge on any atom is -0.395 e. The van der Waals surface area contributed by atoms with E-state index in [2.05, 4.69) is 5.32 Å². The highest BCUT2D eigenvalue weighted by atomic mass is 19.3. The molecule has 0 aromatic carbocycles. The van der Waals surface area contributed by atoms with Gasteiger partial charge in [-0.2, -0.15) is 0 Å². The van der Waals surface area contributed by atoms with E-state index >= 15 is 0 Å². The lowest BCUT2D eigenvalue weighted by Gasteiger charge is -2.26. The Labute approximate surface area is 93.6 Å². The fourth-order valence-corrected chi connectivity index (χ4v) is 1.94. The van der Waals surface area contributed by atoms with Crippen molar-refractivity contribution in [3.63, 3.8) is 0 Å². The summed E-state index contributed by atoms with van der Waals surface area (Å²) in [5, 5.41) is 11.7. The molecule has 4 nitrogen and oxygen atoms in total. The molecule has 0 aromatic heterocycles. The number of nitrogens with one attached hydrogen (secondary N) is 1. The molecule has 0 aromatic rings. The number of carbonyl (C=O) groups is 1. The fourth-order valence-electron chi connectivity index (χ4n) is 1.94. The van der Waals surface area contributed by atoms with Gasteiger partial charge in [-0.3, -0.25) is 4.79 Å². The van der Waals surface area contributed by atoms with Crippen LogP contribution in [0.15, 0.2) is 0 Å².